The number of halogens is 4. The fraction of sp³-hybridized carbons (Fsp3) is 0.273. The number of hydrogen-bond donors (Lipinski definition) is 4. The molecule has 0 aromatic heterocycles. The van der Waals surface area contributed by atoms with Crippen LogP contribution in [0.2, 0.25) is 0 Å². The molecule has 0 radical (unpaired) electrons. The number of aliphatic hydroxyl groups is 1. The third-order valence-corrected chi connectivity index (χ3v) is 2.97. The molecular weight excluding hydrogens is 361 g/mol. The minimum absolute atomic E-state index is 0.146. The Bertz CT molecular complexity index is 551. The zero-order chi connectivity index (χ0) is 16.2. The van der Waals surface area contributed by atoms with Crippen LogP contribution < -0.4 is 10.6 Å². The maximum absolute atomic E-state index is 12.5. The molecule has 1 atom stereocenters. The van der Waals surface area contributed by atoms with Crippen LogP contribution in [0.3, 0.4) is 0 Å². The van der Waals surface area contributed by atoms with E-state index in [1.54, 1.807) is 0 Å². The van der Waals surface area contributed by atoms with Gasteiger partial charge in [0.2, 0.25) is 0 Å². The van der Waals surface area contributed by atoms with Crippen molar-refractivity contribution >= 4 is 33.6 Å². The van der Waals surface area contributed by atoms with E-state index in [2.05, 4.69) is 21.2 Å². The van der Waals surface area contributed by atoms with Crippen LogP contribution in [0, 0.1) is 0 Å². The van der Waals surface area contributed by atoms with Crippen molar-refractivity contribution in [3.8, 4) is 0 Å². The van der Waals surface area contributed by atoms with Gasteiger partial charge in [0.15, 0.2) is 6.10 Å². The smallest absolute Gasteiger partial charge is 0.416 e. The third kappa shape index (κ3) is 5.23. The molecule has 0 aliphatic rings. The molecule has 0 aliphatic carbocycles. The number of nitrogens with one attached hydrogen (secondary N) is 2. The summed E-state index contributed by atoms with van der Waals surface area (Å²) in [5.74, 6) is -1.53. The molecule has 1 rings (SSSR count). The van der Waals surface area contributed by atoms with Crippen LogP contribution in [0.15, 0.2) is 22.7 Å². The van der Waals surface area contributed by atoms with Crippen LogP contribution in [0.4, 0.5) is 23.7 Å². The van der Waals surface area contributed by atoms with Crippen LogP contribution in [-0.4, -0.2) is 34.9 Å². The van der Waals surface area contributed by atoms with Crippen molar-refractivity contribution in [2.75, 3.05) is 11.9 Å². The van der Waals surface area contributed by atoms with Crippen molar-refractivity contribution in [3.05, 3.63) is 28.2 Å². The summed E-state index contributed by atoms with van der Waals surface area (Å²) in [6, 6.07) is 1.72. The average Bonchev–Trinajstić information content (AvgIpc) is 2.37. The molecule has 1 aromatic rings. The number of hydrogen-bond acceptors (Lipinski definition) is 3. The standard InChI is InChI=1S/C11H10BrF3N2O4/c12-6-2-1-5(11(13,14)15)3-7(6)17-10(21)16-4-8(18)9(19)20/h1-3,8,18H,4H2,(H,19,20)(H2,16,17,21). The van der Waals surface area contributed by atoms with E-state index in [-0.39, 0.29) is 10.2 Å². The van der Waals surface area contributed by atoms with Crippen LogP contribution >= 0.6 is 15.9 Å². The number of aliphatic carboxylic acids is 1. The summed E-state index contributed by atoms with van der Waals surface area (Å²) in [6.45, 7) is -0.586. The van der Waals surface area contributed by atoms with Crippen molar-refractivity contribution in [2.45, 2.75) is 12.3 Å². The minimum Gasteiger partial charge on any atom is -0.479 e. The van der Waals surface area contributed by atoms with Gasteiger partial charge in [0.1, 0.15) is 0 Å². The number of rotatable bonds is 4. The molecule has 6 nitrogen and oxygen atoms in total. The predicted octanol–water partition coefficient (Wildman–Crippen LogP) is 2.03. The lowest BCUT2D eigenvalue weighted by Crippen LogP contribution is -2.38. The number of alkyl halides is 3. The summed E-state index contributed by atoms with van der Waals surface area (Å²) >= 11 is 2.98. The Labute approximate surface area is 125 Å². The molecule has 21 heavy (non-hydrogen) atoms. The number of carboxylic acids is 1. The van der Waals surface area contributed by atoms with Gasteiger partial charge in [-0.05, 0) is 34.1 Å². The van der Waals surface area contributed by atoms with Gasteiger partial charge >= 0.3 is 18.2 Å². The number of carbonyl (C=O) groups excluding carboxylic acids is 1. The highest BCUT2D eigenvalue weighted by atomic mass is 79.9. The molecule has 0 bridgehead atoms. The lowest BCUT2D eigenvalue weighted by atomic mass is 10.2. The molecule has 10 heteroatoms. The van der Waals surface area contributed by atoms with Crippen LogP contribution in [0.25, 0.3) is 0 Å². The van der Waals surface area contributed by atoms with E-state index in [4.69, 9.17) is 10.2 Å². The number of carbonyl (C=O) groups is 2. The van der Waals surface area contributed by atoms with Gasteiger partial charge in [-0.25, -0.2) is 9.59 Å². The van der Waals surface area contributed by atoms with E-state index >= 15 is 0 Å². The third-order valence-electron chi connectivity index (χ3n) is 2.28. The molecule has 0 heterocycles. The molecule has 116 valence electrons. The largest absolute Gasteiger partial charge is 0.479 e. The summed E-state index contributed by atoms with van der Waals surface area (Å²) < 4.78 is 37.8. The molecule has 2 amide bonds. The van der Waals surface area contributed by atoms with E-state index in [1.165, 1.54) is 0 Å². The van der Waals surface area contributed by atoms with Crippen molar-refractivity contribution in [2.24, 2.45) is 0 Å². The quantitative estimate of drug-likeness (QED) is 0.651. The van der Waals surface area contributed by atoms with Crippen molar-refractivity contribution < 1.29 is 33.0 Å². The fourth-order valence-corrected chi connectivity index (χ4v) is 1.59. The summed E-state index contributed by atoms with van der Waals surface area (Å²) in [7, 11) is 0. The van der Waals surface area contributed by atoms with Gasteiger partial charge in [-0.1, -0.05) is 0 Å². The first-order valence-corrected chi connectivity index (χ1v) is 6.23. The number of aliphatic hydroxyl groups excluding tert-OH is 1. The highest BCUT2D eigenvalue weighted by Gasteiger charge is 2.31. The topological polar surface area (TPSA) is 98.7 Å². The van der Waals surface area contributed by atoms with Crippen LogP contribution in [0.5, 0.6) is 0 Å². The molecule has 1 unspecified atom stereocenters. The van der Waals surface area contributed by atoms with Gasteiger partial charge in [-0.2, -0.15) is 13.2 Å². The van der Waals surface area contributed by atoms with Crippen molar-refractivity contribution in [1.82, 2.24) is 5.32 Å². The van der Waals surface area contributed by atoms with Gasteiger partial charge in [-0.15, -0.1) is 0 Å². The van der Waals surface area contributed by atoms with Crippen molar-refractivity contribution in [1.29, 1.82) is 0 Å². The number of anilines is 1. The molecule has 1 aromatic carbocycles. The molecule has 0 saturated carbocycles. The summed E-state index contributed by atoms with van der Waals surface area (Å²) in [6.07, 6.45) is -6.37. The normalized spacial score (nSPS) is 12.6. The second-order valence-electron chi connectivity index (χ2n) is 3.88. The van der Waals surface area contributed by atoms with Gasteiger partial charge in [0.25, 0.3) is 0 Å². The Morgan fingerprint density at radius 1 is 1.33 bits per heavy atom. The van der Waals surface area contributed by atoms with Crippen LogP contribution in [0.1, 0.15) is 5.56 Å². The van der Waals surface area contributed by atoms with E-state index < -0.39 is 36.4 Å². The van der Waals surface area contributed by atoms with E-state index in [0.29, 0.717) is 0 Å². The molecule has 0 fully saturated rings. The first-order chi connectivity index (χ1) is 9.61. The average molecular weight is 371 g/mol. The second-order valence-corrected chi connectivity index (χ2v) is 4.74. The van der Waals surface area contributed by atoms with Crippen LogP contribution in [-0.2, 0) is 11.0 Å². The Morgan fingerprint density at radius 3 is 2.48 bits per heavy atom. The van der Waals surface area contributed by atoms with E-state index in [0.717, 1.165) is 18.2 Å². The van der Waals surface area contributed by atoms with Gasteiger partial charge < -0.3 is 20.8 Å². The first kappa shape index (κ1) is 17.2. The monoisotopic (exact) mass is 370 g/mol. The minimum atomic E-state index is -4.56. The summed E-state index contributed by atoms with van der Waals surface area (Å²) in [4.78, 5) is 21.7. The Morgan fingerprint density at radius 2 is 1.95 bits per heavy atom. The van der Waals surface area contributed by atoms with Crippen molar-refractivity contribution in [3.63, 3.8) is 0 Å². The second kappa shape index (κ2) is 6.76. The Kier molecular flexibility index (Phi) is 5.55. The highest BCUT2D eigenvalue weighted by molar-refractivity contribution is 9.10. The summed E-state index contributed by atoms with van der Waals surface area (Å²) in [5.41, 5.74) is -1.10. The zero-order valence-corrected chi connectivity index (χ0v) is 11.8. The maximum atomic E-state index is 12.5. The summed E-state index contributed by atoms with van der Waals surface area (Å²) in [5, 5.41) is 21.5. The lowest BCUT2D eigenvalue weighted by molar-refractivity contribution is -0.146. The SMILES string of the molecule is O=C(NCC(O)C(=O)O)Nc1cc(C(F)(F)F)ccc1Br. The Hall–Kier alpha value is -1.81. The number of carboxylic acid groups (broad SMARTS) is 1. The Balaban J connectivity index is 2.74. The highest BCUT2D eigenvalue weighted by Crippen LogP contribution is 2.33. The number of urea groups is 1. The lowest BCUT2D eigenvalue weighted by Gasteiger charge is -2.13. The predicted molar refractivity (Wildman–Crippen MR) is 69.8 cm³/mol. The maximum Gasteiger partial charge on any atom is 0.416 e. The van der Waals surface area contributed by atoms with Gasteiger partial charge in [-0.3, -0.25) is 0 Å². The first-order valence-electron chi connectivity index (χ1n) is 5.43. The van der Waals surface area contributed by atoms with Gasteiger partial charge in [0, 0.05) is 4.47 Å². The molecule has 0 aliphatic heterocycles. The van der Waals surface area contributed by atoms with E-state index in [1.807, 2.05) is 5.32 Å². The molecule has 0 saturated heterocycles. The number of amides is 2. The molecular formula is C11H10BrF3N2O4. The molecule has 4 N–H and O–H groups in total. The molecule has 0 spiro atoms. The van der Waals surface area contributed by atoms with Gasteiger partial charge in [0.05, 0.1) is 17.8 Å². The van der Waals surface area contributed by atoms with E-state index in [9.17, 15) is 22.8 Å². The zero-order valence-electron chi connectivity index (χ0n) is 10.2. The number of benzene rings is 1. The fourth-order valence-electron chi connectivity index (χ4n) is 1.24.